The van der Waals surface area contributed by atoms with Crippen molar-refractivity contribution in [3.63, 3.8) is 0 Å². The van der Waals surface area contributed by atoms with Crippen LogP contribution in [0.15, 0.2) is 30.3 Å². The van der Waals surface area contributed by atoms with Gasteiger partial charge >= 0.3 is 11.9 Å². The van der Waals surface area contributed by atoms with Crippen LogP contribution >= 0.6 is 0 Å². The summed E-state index contributed by atoms with van der Waals surface area (Å²) in [5.41, 5.74) is 0.924. The number of benzene rings is 2. The maximum atomic E-state index is 11.5. The normalized spacial score (nSPS) is 18.1. The number of ether oxygens (including phenoxy) is 3. The Labute approximate surface area is 154 Å². The van der Waals surface area contributed by atoms with Gasteiger partial charge in [-0.2, -0.15) is 0 Å². The summed E-state index contributed by atoms with van der Waals surface area (Å²) in [7, 11) is 0. The first-order chi connectivity index (χ1) is 12.7. The van der Waals surface area contributed by atoms with Gasteiger partial charge in [-0.25, -0.2) is 0 Å². The topological polar surface area (TPSA) is 123 Å². The standard InChI is InChI=1S/C19H18O8/c1-9(20)25-16-6-12(22)7-17-13(16)8-18(26-10(2)21)19(27-17)11-3-4-14(23)15(24)5-11/h3-7,18-19,22-24H,8H2,1-2H3/t18-,19+/m0/s1. The molecule has 0 aromatic heterocycles. The molecule has 3 rings (SSSR count). The second-order valence-electron chi connectivity index (χ2n) is 6.15. The molecule has 3 N–H and O–H groups in total. The highest BCUT2D eigenvalue weighted by Crippen LogP contribution is 2.44. The fourth-order valence-corrected chi connectivity index (χ4v) is 3.00. The van der Waals surface area contributed by atoms with Crippen LogP contribution in [0.25, 0.3) is 0 Å². The third kappa shape index (κ3) is 3.89. The average Bonchev–Trinajstić information content (AvgIpc) is 2.56. The van der Waals surface area contributed by atoms with Crippen LogP contribution < -0.4 is 9.47 Å². The van der Waals surface area contributed by atoms with Crippen molar-refractivity contribution in [3.8, 4) is 28.7 Å². The fourth-order valence-electron chi connectivity index (χ4n) is 3.00. The fraction of sp³-hybridized carbons (Fsp3) is 0.263. The van der Waals surface area contributed by atoms with Crippen LogP contribution in [-0.2, 0) is 20.7 Å². The number of hydrogen-bond donors (Lipinski definition) is 3. The number of esters is 2. The van der Waals surface area contributed by atoms with Crippen LogP contribution in [-0.4, -0.2) is 33.4 Å². The van der Waals surface area contributed by atoms with E-state index < -0.39 is 24.1 Å². The number of hydrogen-bond acceptors (Lipinski definition) is 8. The summed E-state index contributed by atoms with van der Waals surface area (Å²) in [6.45, 7) is 2.48. The molecule has 0 aliphatic carbocycles. The minimum absolute atomic E-state index is 0.113. The van der Waals surface area contributed by atoms with Crippen LogP contribution in [0.3, 0.4) is 0 Å². The van der Waals surface area contributed by atoms with E-state index in [2.05, 4.69) is 0 Å². The Hall–Kier alpha value is -3.42. The SMILES string of the molecule is CC(=O)Oc1cc(O)cc2c1C[C@H](OC(C)=O)[C@@H](c1ccc(O)c(O)c1)O2. The van der Waals surface area contributed by atoms with Crippen molar-refractivity contribution >= 4 is 11.9 Å². The number of phenols is 3. The lowest BCUT2D eigenvalue weighted by Crippen LogP contribution is -2.34. The summed E-state index contributed by atoms with van der Waals surface area (Å²) in [6.07, 6.45) is -1.43. The van der Waals surface area contributed by atoms with Crippen molar-refractivity contribution in [2.24, 2.45) is 0 Å². The molecule has 0 unspecified atom stereocenters. The Balaban J connectivity index is 2.05. The predicted molar refractivity (Wildman–Crippen MR) is 91.8 cm³/mol. The molecule has 2 atom stereocenters. The molecule has 27 heavy (non-hydrogen) atoms. The van der Waals surface area contributed by atoms with Crippen LogP contribution in [0, 0.1) is 0 Å². The van der Waals surface area contributed by atoms with Crippen molar-refractivity contribution in [2.75, 3.05) is 0 Å². The number of aromatic hydroxyl groups is 3. The van der Waals surface area contributed by atoms with Gasteiger partial charge in [0.15, 0.2) is 17.6 Å². The zero-order chi connectivity index (χ0) is 19.7. The molecule has 1 heterocycles. The Morgan fingerprint density at radius 1 is 1.04 bits per heavy atom. The molecule has 0 bridgehead atoms. The van der Waals surface area contributed by atoms with Crippen molar-refractivity contribution in [2.45, 2.75) is 32.5 Å². The number of fused-ring (bicyclic) bond motifs is 1. The van der Waals surface area contributed by atoms with Gasteiger partial charge in [-0.3, -0.25) is 9.59 Å². The van der Waals surface area contributed by atoms with Gasteiger partial charge < -0.3 is 29.5 Å². The molecule has 0 saturated heterocycles. The van der Waals surface area contributed by atoms with Gasteiger partial charge in [0.1, 0.15) is 23.4 Å². The summed E-state index contributed by atoms with van der Waals surface area (Å²) in [6, 6.07) is 6.76. The highest BCUT2D eigenvalue weighted by Gasteiger charge is 2.36. The minimum Gasteiger partial charge on any atom is -0.508 e. The quantitative estimate of drug-likeness (QED) is 0.425. The zero-order valence-electron chi connectivity index (χ0n) is 14.6. The lowest BCUT2D eigenvalue weighted by molar-refractivity contribution is -0.152. The van der Waals surface area contributed by atoms with Crippen molar-refractivity contribution < 1.29 is 39.1 Å². The smallest absolute Gasteiger partial charge is 0.308 e. The van der Waals surface area contributed by atoms with E-state index in [-0.39, 0.29) is 35.2 Å². The Kier molecular flexibility index (Phi) is 4.81. The summed E-state index contributed by atoms with van der Waals surface area (Å²) < 4.78 is 16.4. The molecule has 0 radical (unpaired) electrons. The average molecular weight is 374 g/mol. The molecular formula is C19H18O8. The van der Waals surface area contributed by atoms with Gasteiger partial charge in [0.25, 0.3) is 0 Å². The monoisotopic (exact) mass is 374 g/mol. The van der Waals surface area contributed by atoms with Gasteiger partial charge in [-0.05, 0) is 12.1 Å². The van der Waals surface area contributed by atoms with Gasteiger partial charge in [0.2, 0.25) is 0 Å². The van der Waals surface area contributed by atoms with E-state index >= 15 is 0 Å². The molecule has 1 aliphatic rings. The Morgan fingerprint density at radius 2 is 1.78 bits per heavy atom. The number of carbonyl (C=O) groups excluding carboxylic acids is 2. The number of carbonyl (C=O) groups is 2. The van der Waals surface area contributed by atoms with E-state index in [0.29, 0.717) is 11.1 Å². The first kappa shape index (κ1) is 18.4. The van der Waals surface area contributed by atoms with E-state index in [0.717, 1.165) is 0 Å². The van der Waals surface area contributed by atoms with Crippen molar-refractivity contribution in [1.82, 2.24) is 0 Å². The van der Waals surface area contributed by atoms with Crippen LogP contribution in [0.5, 0.6) is 28.7 Å². The molecule has 0 saturated carbocycles. The highest BCUT2D eigenvalue weighted by molar-refractivity contribution is 5.71. The molecule has 142 valence electrons. The Morgan fingerprint density at radius 3 is 2.41 bits per heavy atom. The first-order valence-electron chi connectivity index (χ1n) is 8.14. The summed E-state index contributed by atoms with van der Waals surface area (Å²) in [4.78, 5) is 22.9. The van der Waals surface area contributed by atoms with Gasteiger partial charge in [0.05, 0.1) is 0 Å². The van der Waals surface area contributed by atoms with E-state index in [1.807, 2.05) is 0 Å². The predicted octanol–water partition coefficient (Wildman–Crippen LogP) is 2.34. The van der Waals surface area contributed by atoms with Crippen LogP contribution in [0.2, 0.25) is 0 Å². The Bertz CT molecular complexity index is 905. The van der Waals surface area contributed by atoms with Crippen LogP contribution in [0.1, 0.15) is 31.1 Å². The minimum atomic E-state index is -0.806. The molecule has 2 aromatic rings. The van der Waals surface area contributed by atoms with Crippen molar-refractivity contribution in [1.29, 1.82) is 0 Å². The zero-order valence-corrected chi connectivity index (χ0v) is 14.6. The maximum Gasteiger partial charge on any atom is 0.308 e. The van der Waals surface area contributed by atoms with Gasteiger partial charge in [-0.15, -0.1) is 0 Å². The lowest BCUT2D eigenvalue weighted by atomic mass is 9.93. The highest BCUT2D eigenvalue weighted by atomic mass is 16.6. The largest absolute Gasteiger partial charge is 0.508 e. The second-order valence-corrected chi connectivity index (χ2v) is 6.15. The molecule has 0 spiro atoms. The van der Waals surface area contributed by atoms with Gasteiger partial charge in [0, 0.05) is 43.5 Å². The molecule has 2 aromatic carbocycles. The van der Waals surface area contributed by atoms with E-state index in [9.17, 15) is 24.9 Å². The summed E-state index contributed by atoms with van der Waals surface area (Å²) in [5.74, 6) is -1.55. The lowest BCUT2D eigenvalue weighted by Gasteiger charge is -2.34. The maximum absolute atomic E-state index is 11.5. The van der Waals surface area contributed by atoms with Crippen LogP contribution in [0.4, 0.5) is 0 Å². The summed E-state index contributed by atoms with van der Waals surface area (Å²) in [5, 5.41) is 29.2. The third-order valence-electron chi connectivity index (χ3n) is 4.05. The molecular weight excluding hydrogens is 356 g/mol. The number of rotatable bonds is 3. The number of phenolic OH excluding ortho intramolecular Hbond substituents is 3. The van der Waals surface area contributed by atoms with Gasteiger partial charge in [-0.1, -0.05) is 6.07 Å². The second kappa shape index (κ2) is 7.06. The van der Waals surface area contributed by atoms with E-state index in [1.54, 1.807) is 0 Å². The first-order valence-corrected chi connectivity index (χ1v) is 8.14. The molecule has 8 nitrogen and oxygen atoms in total. The van der Waals surface area contributed by atoms with E-state index in [4.69, 9.17) is 14.2 Å². The molecule has 1 aliphatic heterocycles. The van der Waals surface area contributed by atoms with E-state index in [1.165, 1.54) is 44.2 Å². The third-order valence-corrected chi connectivity index (χ3v) is 4.05. The van der Waals surface area contributed by atoms with Crippen molar-refractivity contribution in [3.05, 3.63) is 41.5 Å². The summed E-state index contributed by atoms with van der Waals surface area (Å²) >= 11 is 0. The molecule has 8 heteroatoms. The molecule has 0 fully saturated rings. The molecule has 0 amide bonds.